The molecule has 0 atom stereocenters. The van der Waals surface area contributed by atoms with Crippen LogP contribution in [-0.2, 0) is 0 Å². The average molecular weight is 312 g/mol. The Hall–Kier alpha value is -3.22. The van der Waals surface area contributed by atoms with Gasteiger partial charge in [-0.25, -0.2) is 14.1 Å². The molecule has 2 aromatic heterocycles. The molecule has 0 saturated heterocycles. The van der Waals surface area contributed by atoms with Gasteiger partial charge in [0.05, 0.1) is 12.8 Å². The maximum atomic E-state index is 13.7. The Kier molecular flexibility index (Phi) is 4.01. The number of carbonyl (C=O) groups excluding carboxylic acids is 1. The number of benzene rings is 1. The first-order chi connectivity index (χ1) is 11.2. The fourth-order valence-corrected chi connectivity index (χ4v) is 2.07. The minimum Gasteiger partial charge on any atom is -0.494 e. The second-order valence-electron chi connectivity index (χ2n) is 4.63. The normalized spacial score (nSPS) is 10.3. The van der Waals surface area contributed by atoms with E-state index < -0.39 is 11.7 Å². The molecule has 23 heavy (non-hydrogen) atoms. The van der Waals surface area contributed by atoms with Gasteiger partial charge >= 0.3 is 0 Å². The smallest absolute Gasteiger partial charge is 0.255 e. The highest BCUT2D eigenvalue weighted by molar-refractivity contribution is 6.05. The second kappa shape index (κ2) is 6.27. The van der Waals surface area contributed by atoms with Gasteiger partial charge in [-0.3, -0.25) is 4.79 Å². The van der Waals surface area contributed by atoms with Crippen molar-refractivity contribution in [3.63, 3.8) is 0 Å². The van der Waals surface area contributed by atoms with Crippen molar-refractivity contribution in [3.05, 3.63) is 66.4 Å². The van der Waals surface area contributed by atoms with E-state index in [-0.39, 0.29) is 11.3 Å². The lowest BCUT2D eigenvalue weighted by Gasteiger charge is -2.10. The zero-order valence-corrected chi connectivity index (χ0v) is 12.2. The molecule has 6 nitrogen and oxygen atoms in total. The minimum atomic E-state index is -0.598. The summed E-state index contributed by atoms with van der Waals surface area (Å²) in [6.07, 6.45) is 4.92. The molecule has 1 N–H and O–H groups in total. The molecule has 3 rings (SSSR count). The summed E-state index contributed by atoms with van der Waals surface area (Å²) >= 11 is 0. The topological polar surface area (TPSA) is 69.0 Å². The van der Waals surface area contributed by atoms with E-state index >= 15 is 0 Å². The van der Waals surface area contributed by atoms with Crippen LogP contribution in [0.2, 0.25) is 0 Å². The van der Waals surface area contributed by atoms with Crippen molar-refractivity contribution < 1.29 is 13.9 Å². The number of nitrogens with zero attached hydrogens (tertiary/aromatic N) is 3. The molecule has 1 amide bonds. The van der Waals surface area contributed by atoms with Gasteiger partial charge in [0.1, 0.15) is 0 Å². The number of halogens is 1. The summed E-state index contributed by atoms with van der Waals surface area (Å²) in [4.78, 5) is 16.5. The van der Waals surface area contributed by atoms with Gasteiger partial charge in [0.25, 0.3) is 5.91 Å². The van der Waals surface area contributed by atoms with Crippen LogP contribution in [0.25, 0.3) is 5.82 Å². The fraction of sp³-hybridized carbons (Fsp3) is 0.0625. The van der Waals surface area contributed by atoms with Crippen molar-refractivity contribution in [2.75, 3.05) is 12.4 Å². The van der Waals surface area contributed by atoms with Crippen LogP contribution in [0.15, 0.2) is 55.0 Å². The predicted molar refractivity (Wildman–Crippen MR) is 82.3 cm³/mol. The molecule has 0 aliphatic rings. The maximum Gasteiger partial charge on any atom is 0.255 e. The first kappa shape index (κ1) is 14.7. The number of nitrogens with one attached hydrogen (secondary N) is 1. The highest BCUT2D eigenvalue weighted by Crippen LogP contribution is 2.20. The number of methoxy groups -OCH3 is 1. The summed E-state index contributed by atoms with van der Waals surface area (Å²) in [5.41, 5.74) is 0.649. The minimum absolute atomic E-state index is 0.0835. The molecular weight excluding hydrogens is 299 g/mol. The van der Waals surface area contributed by atoms with E-state index in [1.54, 1.807) is 36.8 Å². The van der Waals surface area contributed by atoms with Crippen LogP contribution in [0.1, 0.15) is 10.4 Å². The standard InChI is InChI=1S/C16H13FN4O2/c1-23-14-6-5-11(10-12(14)17)16(22)20-13-4-2-7-18-15(13)21-9-3-8-19-21/h2-10H,1H3,(H,20,22). The number of pyridine rings is 1. The molecule has 0 spiro atoms. The molecule has 2 heterocycles. The Balaban J connectivity index is 1.88. The fourth-order valence-electron chi connectivity index (χ4n) is 2.07. The number of anilines is 1. The van der Waals surface area contributed by atoms with Crippen molar-refractivity contribution in [2.24, 2.45) is 0 Å². The van der Waals surface area contributed by atoms with Crippen LogP contribution in [0.4, 0.5) is 10.1 Å². The maximum absolute atomic E-state index is 13.7. The Labute approximate surface area is 131 Å². The van der Waals surface area contributed by atoms with Crippen LogP contribution < -0.4 is 10.1 Å². The Bertz CT molecular complexity index is 834. The van der Waals surface area contributed by atoms with Crippen molar-refractivity contribution in [1.29, 1.82) is 0 Å². The lowest BCUT2D eigenvalue weighted by atomic mass is 10.2. The zero-order valence-electron chi connectivity index (χ0n) is 12.2. The van der Waals surface area contributed by atoms with Crippen LogP contribution in [0, 0.1) is 5.82 Å². The number of amides is 1. The summed E-state index contributed by atoms with van der Waals surface area (Å²) in [5.74, 6) is -0.494. The van der Waals surface area contributed by atoms with Crippen LogP contribution in [0.3, 0.4) is 0 Å². The lowest BCUT2D eigenvalue weighted by molar-refractivity contribution is 0.102. The van der Waals surface area contributed by atoms with Gasteiger partial charge < -0.3 is 10.1 Å². The largest absolute Gasteiger partial charge is 0.494 e. The number of aromatic nitrogens is 3. The van der Waals surface area contributed by atoms with E-state index in [2.05, 4.69) is 15.4 Å². The molecule has 0 fully saturated rings. The van der Waals surface area contributed by atoms with Crippen molar-refractivity contribution in [1.82, 2.24) is 14.8 Å². The van der Waals surface area contributed by atoms with Crippen molar-refractivity contribution in [3.8, 4) is 11.6 Å². The molecule has 3 aromatic rings. The number of hydrogen-bond donors (Lipinski definition) is 1. The first-order valence-corrected chi connectivity index (χ1v) is 6.79. The molecule has 0 unspecified atom stereocenters. The molecule has 0 aliphatic carbocycles. The van der Waals surface area contributed by atoms with Crippen LogP contribution in [0.5, 0.6) is 5.75 Å². The van der Waals surface area contributed by atoms with Gasteiger partial charge in [-0.1, -0.05) is 0 Å². The van der Waals surface area contributed by atoms with Crippen LogP contribution in [-0.4, -0.2) is 27.8 Å². The molecule has 1 aromatic carbocycles. The highest BCUT2D eigenvalue weighted by atomic mass is 19.1. The Morgan fingerprint density at radius 2 is 2.13 bits per heavy atom. The first-order valence-electron chi connectivity index (χ1n) is 6.79. The quantitative estimate of drug-likeness (QED) is 0.804. The molecule has 0 saturated carbocycles. The summed E-state index contributed by atoms with van der Waals surface area (Å²) < 4.78 is 20.1. The monoisotopic (exact) mass is 312 g/mol. The third-order valence-electron chi connectivity index (χ3n) is 3.17. The average Bonchev–Trinajstić information content (AvgIpc) is 3.09. The summed E-state index contributed by atoms with van der Waals surface area (Å²) in [6.45, 7) is 0. The summed E-state index contributed by atoms with van der Waals surface area (Å²) in [5, 5.41) is 6.80. The molecule has 116 valence electrons. The predicted octanol–water partition coefficient (Wildman–Crippen LogP) is 2.67. The van der Waals surface area contributed by atoms with Crippen molar-refractivity contribution >= 4 is 11.6 Å². The Morgan fingerprint density at radius 1 is 1.26 bits per heavy atom. The molecular formula is C16H13FN4O2. The van der Waals surface area contributed by atoms with E-state index in [4.69, 9.17) is 4.74 Å². The number of ether oxygens (including phenoxy) is 1. The molecule has 0 radical (unpaired) electrons. The van der Waals surface area contributed by atoms with Gasteiger partial charge in [0, 0.05) is 24.2 Å². The van der Waals surface area contributed by atoms with Gasteiger partial charge in [0.15, 0.2) is 17.4 Å². The molecule has 7 heteroatoms. The van der Waals surface area contributed by atoms with E-state index in [9.17, 15) is 9.18 Å². The second-order valence-corrected chi connectivity index (χ2v) is 4.63. The third-order valence-corrected chi connectivity index (χ3v) is 3.17. The third kappa shape index (κ3) is 3.03. The van der Waals surface area contributed by atoms with Gasteiger partial charge in [0.2, 0.25) is 0 Å². The van der Waals surface area contributed by atoms with Gasteiger partial charge in [-0.15, -0.1) is 0 Å². The van der Waals surface area contributed by atoms with E-state index in [1.807, 2.05) is 0 Å². The molecule has 0 aliphatic heterocycles. The van der Waals surface area contributed by atoms with E-state index in [0.717, 1.165) is 6.07 Å². The summed E-state index contributed by atoms with van der Waals surface area (Å²) in [7, 11) is 1.37. The zero-order chi connectivity index (χ0) is 16.2. The van der Waals surface area contributed by atoms with E-state index in [0.29, 0.717) is 11.5 Å². The number of hydrogen-bond acceptors (Lipinski definition) is 4. The highest BCUT2D eigenvalue weighted by Gasteiger charge is 2.13. The Morgan fingerprint density at radius 3 is 2.83 bits per heavy atom. The number of carbonyl (C=O) groups is 1. The summed E-state index contributed by atoms with van der Waals surface area (Å²) in [6, 6.07) is 9.15. The SMILES string of the molecule is COc1ccc(C(=O)Nc2cccnc2-n2cccn2)cc1F. The number of rotatable bonds is 4. The van der Waals surface area contributed by atoms with E-state index in [1.165, 1.54) is 23.9 Å². The van der Waals surface area contributed by atoms with Gasteiger partial charge in [-0.05, 0) is 36.4 Å². The van der Waals surface area contributed by atoms with Crippen LogP contribution >= 0.6 is 0 Å². The van der Waals surface area contributed by atoms with Crippen molar-refractivity contribution in [2.45, 2.75) is 0 Å². The molecule has 0 bridgehead atoms. The van der Waals surface area contributed by atoms with Gasteiger partial charge in [-0.2, -0.15) is 5.10 Å². The lowest BCUT2D eigenvalue weighted by Crippen LogP contribution is -2.15.